The molecule has 1 aromatic rings. The molecule has 22 heavy (non-hydrogen) atoms. The molecule has 0 aromatic heterocycles. The van der Waals surface area contributed by atoms with Crippen LogP contribution in [0.2, 0.25) is 0 Å². The maximum Gasteiger partial charge on any atom is 0.219 e. The number of piperazine rings is 1. The highest BCUT2D eigenvalue weighted by Gasteiger charge is 2.18. The molecular weight excluding hydrogens is 278 g/mol. The maximum atomic E-state index is 11.3. The molecule has 1 fully saturated rings. The molecule has 1 saturated heterocycles. The van der Waals surface area contributed by atoms with Crippen molar-refractivity contribution in [3.63, 3.8) is 0 Å². The fraction of sp³-hybridized carbons (Fsp3) is 0.588. The Morgan fingerprint density at radius 2 is 1.86 bits per heavy atom. The van der Waals surface area contributed by atoms with E-state index in [0.717, 1.165) is 38.4 Å². The Labute approximate surface area is 133 Å². The Kier molecular flexibility index (Phi) is 6.21. The van der Waals surface area contributed by atoms with E-state index in [2.05, 4.69) is 41.4 Å². The Morgan fingerprint density at radius 1 is 1.23 bits per heavy atom. The number of hydrogen-bond donors (Lipinski definition) is 1. The first-order valence-electron chi connectivity index (χ1n) is 7.90. The summed E-state index contributed by atoms with van der Waals surface area (Å²) in [5.41, 5.74) is 2.43. The number of benzene rings is 1. The molecular formula is C17H27N3O2. The highest BCUT2D eigenvalue weighted by molar-refractivity contribution is 5.73. The van der Waals surface area contributed by atoms with Crippen LogP contribution in [0.25, 0.3) is 0 Å². The van der Waals surface area contributed by atoms with Crippen molar-refractivity contribution in [1.29, 1.82) is 0 Å². The first kappa shape index (κ1) is 16.8. The quantitative estimate of drug-likeness (QED) is 0.870. The number of methoxy groups -OCH3 is 1. The van der Waals surface area contributed by atoms with Crippen molar-refractivity contribution in [2.45, 2.75) is 26.4 Å². The zero-order valence-corrected chi connectivity index (χ0v) is 13.8. The third-order valence-electron chi connectivity index (χ3n) is 4.01. The minimum Gasteiger partial charge on any atom is -0.383 e. The van der Waals surface area contributed by atoms with E-state index in [1.165, 1.54) is 5.56 Å². The second-order valence-corrected chi connectivity index (χ2v) is 5.98. The summed E-state index contributed by atoms with van der Waals surface area (Å²) in [6, 6.07) is 8.87. The van der Waals surface area contributed by atoms with E-state index >= 15 is 0 Å². The lowest BCUT2D eigenvalue weighted by Crippen LogP contribution is -2.47. The van der Waals surface area contributed by atoms with Crippen LogP contribution in [0.3, 0.4) is 0 Å². The van der Waals surface area contributed by atoms with Gasteiger partial charge >= 0.3 is 0 Å². The first-order valence-corrected chi connectivity index (χ1v) is 7.90. The van der Waals surface area contributed by atoms with Crippen molar-refractivity contribution in [3.8, 4) is 0 Å². The van der Waals surface area contributed by atoms with Crippen molar-refractivity contribution in [2.24, 2.45) is 0 Å². The molecule has 0 spiro atoms. The lowest BCUT2D eigenvalue weighted by atomic mass is 10.1. The molecule has 0 radical (unpaired) electrons. The van der Waals surface area contributed by atoms with Crippen LogP contribution in [0.4, 0.5) is 5.69 Å². The van der Waals surface area contributed by atoms with E-state index in [4.69, 9.17) is 4.74 Å². The minimum absolute atomic E-state index is 0.181. The Balaban J connectivity index is 1.80. The first-order chi connectivity index (χ1) is 10.6. The Morgan fingerprint density at radius 3 is 2.41 bits per heavy atom. The highest BCUT2D eigenvalue weighted by atomic mass is 16.5. The molecule has 0 unspecified atom stereocenters. The van der Waals surface area contributed by atoms with Gasteiger partial charge in [0.1, 0.15) is 0 Å². The second-order valence-electron chi connectivity index (χ2n) is 5.98. The predicted octanol–water partition coefficient (Wildman–Crippen LogP) is 1.80. The van der Waals surface area contributed by atoms with Crippen LogP contribution in [0.15, 0.2) is 24.3 Å². The molecule has 1 heterocycles. The van der Waals surface area contributed by atoms with Gasteiger partial charge in [0, 0.05) is 58.5 Å². The van der Waals surface area contributed by atoms with E-state index in [1.54, 1.807) is 14.0 Å². The molecule has 2 rings (SSSR count). The average molecular weight is 305 g/mol. The zero-order valence-electron chi connectivity index (χ0n) is 13.8. The molecule has 1 amide bonds. The van der Waals surface area contributed by atoms with Gasteiger partial charge in [-0.15, -0.1) is 0 Å². The number of nitrogens with zero attached hydrogens (tertiary/aromatic N) is 2. The number of amides is 1. The van der Waals surface area contributed by atoms with Crippen molar-refractivity contribution in [2.75, 3.05) is 45.2 Å². The van der Waals surface area contributed by atoms with Crippen LogP contribution in [0.1, 0.15) is 19.4 Å². The summed E-state index contributed by atoms with van der Waals surface area (Å²) in [6.07, 6.45) is 0. The molecule has 5 heteroatoms. The van der Waals surface area contributed by atoms with Gasteiger partial charge in [-0.1, -0.05) is 12.1 Å². The van der Waals surface area contributed by atoms with Crippen molar-refractivity contribution in [3.05, 3.63) is 29.8 Å². The minimum atomic E-state index is 0.181. The fourth-order valence-corrected chi connectivity index (χ4v) is 2.76. The number of rotatable bonds is 6. The summed E-state index contributed by atoms with van der Waals surface area (Å²) in [4.78, 5) is 15.6. The zero-order chi connectivity index (χ0) is 15.9. The van der Waals surface area contributed by atoms with E-state index in [9.17, 15) is 4.79 Å². The average Bonchev–Trinajstić information content (AvgIpc) is 2.50. The van der Waals surface area contributed by atoms with Crippen LogP contribution < -0.4 is 5.32 Å². The third kappa shape index (κ3) is 5.00. The number of hydrogen-bond acceptors (Lipinski definition) is 4. The van der Waals surface area contributed by atoms with E-state index in [0.29, 0.717) is 12.6 Å². The Hall–Kier alpha value is -1.59. The van der Waals surface area contributed by atoms with Crippen LogP contribution in [-0.2, 0) is 16.1 Å². The van der Waals surface area contributed by atoms with E-state index in [-0.39, 0.29) is 5.91 Å². The van der Waals surface area contributed by atoms with Crippen LogP contribution in [0.5, 0.6) is 0 Å². The van der Waals surface area contributed by atoms with Gasteiger partial charge in [-0.05, 0) is 24.6 Å². The van der Waals surface area contributed by atoms with Gasteiger partial charge in [0.2, 0.25) is 5.91 Å². The number of carbonyl (C=O) groups is 1. The molecule has 0 saturated carbocycles. The topological polar surface area (TPSA) is 44.8 Å². The van der Waals surface area contributed by atoms with Crippen LogP contribution in [-0.4, -0.2) is 61.6 Å². The molecule has 5 nitrogen and oxygen atoms in total. The van der Waals surface area contributed by atoms with Gasteiger partial charge in [0.25, 0.3) is 0 Å². The van der Waals surface area contributed by atoms with Crippen molar-refractivity contribution >= 4 is 11.6 Å². The highest BCUT2D eigenvalue weighted by Crippen LogP contribution is 2.14. The second kappa shape index (κ2) is 8.15. The number of carbonyl (C=O) groups excluding carboxylic acids is 1. The summed E-state index contributed by atoms with van der Waals surface area (Å²) in [5.74, 6) is 0.181. The lowest BCUT2D eigenvalue weighted by Gasteiger charge is -2.34. The molecule has 0 bridgehead atoms. The summed E-state index contributed by atoms with van der Waals surface area (Å²) >= 11 is 0. The molecule has 122 valence electrons. The van der Waals surface area contributed by atoms with Gasteiger partial charge in [-0.25, -0.2) is 0 Å². The maximum absolute atomic E-state index is 11.3. The van der Waals surface area contributed by atoms with E-state index in [1.807, 2.05) is 4.90 Å². The molecule has 1 atom stereocenters. The lowest BCUT2D eigenvalue weighted by molar-refractivity contribution is -0.130. The summed E-state index contributed by atoms with van der Waals surface area (Å²) < 4.78 is 5.13. The molecule has 1 aromatic carbocycles. The smallest absolute Gasteiger partial charge is 0.219 e. The molecule has 0 aliphatic carbocycles. The molecule has 1 aliphatic rings. The summed E-state index contributed by atoms with van der Waals surface area (Å²) in [5, 5.41) is 3.41. The predicted molar refractivity (Wildman–Crippen MR) is 88.9 cm³/mol. The molecule has 1 aliphatic heterocycles. The van der Waals surface area contributed by atoms with Gasteiger partial charge in [0.05, 0.1) is 6.61 Å². The Bertz CT molecular complexity index is 467. The third-order valence-corrected chi connectivity index (χ3v) is 4.01. The van der Waals surface area contributed by atoms with Crippen LogP contribution in [0, 0.1) is 0 Å². The van der Waals surface area contributed by atoms with Gasteiger partial charge in [-0.3, -0.25) is 9.69 Å². The van der Waals surface area contributed by atoms with Gasteiger partial charge in [0.15, 0.2) is 0 Å². The van der Waals surface area contributed by atoms with Gasteiger partial charge < -0.3 is 15.0 Å². The summed E-state index contributed by atoms with van der Waals surface area (Å²) in [7, 11) is 1.72. The summed E-state index contributed by atoms with van der Waals surface area (Å²) in [6.45, 7) is 8.96. The normalized spacial score (nSPS) is 17.3. The van der Waals surface area contributed by atoms with Crippen LogP contribution >= 0.6 is 0 Å². The number of nitrogens with one attached hydrogen (secondary N) is 1. The van der Waals surface area contributed by atoms with Crippen molar-refractivity contribution < 1.29 is 9.53 Å². The van der Waals surface area contributed by atoms with Gasteiger partial charge in [-0.2, -0.15) is 0 Å². The SMILES string of the molecule is COC[C@H](C)Nc1ccc(CN2CCN(C(C)=O)CC2)cc1. The number of ether oxygens (including phenoxy) is 1. The fourth-order valence-electron chi connectivity index (χ4n) is 2.76. The number of anilines is 1. The monoisotopic (exact) mass is 305 g/mol. The van der Waals surface area contributed by atoms with Crippen molar-refractivity contribution in [1.82, 2.24) is 9.80 Å². The standard InChI is InChI=1S/C17H27N3O2/c1-14(13-22-3)18-17-6-4-16(5-7-17)12-19-8-10-20(11-9-19)15(2)21/h4-7,14,18H,8-13H2,1-3H3/t14-/m0/s1. The largest absolute Gasteiger partial charge is 0.383 e. The molecule has 1 N–H and O–H groups in total. The van der Waals surface area contributed by atoms with E-state index < -0.39 is 0 Å².